The molecule has 0 amide bonds. The van der Waals surface area contributed by atoms with Gasteiger partial charge >= 0.3 is 5.97 Å². The standard InChI is InChI=1S/C11H10ClN3O2S/c1-2-15(7-3-4-13-9(12)5-7)11-14-6-8(18-11)10(16)17/h3-6H,2H2,1H3,(H,16,17). The van der Waals surface area contributed by atoms with Crippen molar-refractivity contribution in [1.29, 1.82) is 0 Å². The quantitative estimate of drug-likeness (QED) is 0.874. The Morgan fingerprint density at radius 2 is 2.33 bits per heavy atom. The highest BCUT2D eigenvalue weighted by molar-refractivity contribution is 7.17. The van der Waals surface area contributed by atoms with Crippen LogP contribution in [-0.4, -0.2) is 27.6 Å². The van der Waals surface area contributed by atoms with Crippen LogP contribution in [0.2, 0.25) is 5.15 Å². The first kappa shape index (κ1) is 12.8. The van der Waals surface area contributed by atoms with Crippen molar-refractivity contribution in [2.75, 3.05) is 11.4 Å². The fourth-order valence-electron chi connectivity index (χ4n) is 1.48. The topological polar surface area (TPSA) is 66.3 Å². The van der Waals surface area contributed by atoms with Gasteiger partial charge in [-0.2, -0.15) is 0 Å². The zero-order valence-electron chi connectivity index (χ0n) is 9.50. The number of carbonyl (C=O) groups is 1. The number of aromatic nitrogens is 2. The van der Waals surface area contributed by atoms with Gasteiger partial charge in [-0.05, 0) is 19.1 Å². The number of hydrogen-bond acceptors (Lipinski definition) is 5. The van der Waals surface area contributed by atoms with Gasteiger partial charge in [0, 0.05) is 18.4 Å². The van der Waals surface area contributed by atoms with Crippen LogP contribution in [0.1, 0.15) is 16.6 Å². The molecule has 0 unspecified atom stereocenters. The van der Waals surface area contributed by atoms with Crippen LogP contribution in [0.15, 0.2) is 24.5 Å². The maximum absolute atomic E-state index is 10.8. The third-order valence-electron chi connectivity index (χ3n) is 2.27. The Morgan fingerprint density at radius 3 is 2.89 bits per heavy atom. The Kier molecular flexibility index (Phi) is 3.78. The van der Waals surface area contributed by atoms with Crippen molar-refractivity contribution in [1.82, 2.24) is 9.97 Å². The third-order valence-corrected chi connectivity index (χ3v) is 3.49. The first-order chi connectivity index (χ1) is 8.61. The first-order valence-corrected chi connectivity index (χ1v) is 6.39. The molecular formula is C11H10ClN3O2S. The van der Waals surface area contributed by atoms with Crippen LogP contribution in [0.3, 0.4) is 0 Å². The molecule has 0 spiro atoms. The lowest BCUT2D eigenvalue weighted by atomic mass is 10.3. The first-order valence-electron chi connectivity index (χ1n) is 5.20. The van der Waals surface area contributed by atoms with Crippen molar-refractivity contribution < 1.29 is 9.90 Å². The summed E-state index contributed by atoms with van der Waals surface area (Å²) in [5.41, 5.74) is 0.837. The van der Waals surface area contributed by atoms with Gasteiger partial charge in [-0.1, -0.05) is 22.9 Å². The van der Waals surface area contributed by atoms with Gasteiger partial charge in [-0.3, -0.25) is 0 Å². The van der Waals surface area contributed by atoms with Crippen LogP contribution >= 0.6 is 22.9 Å². The zero-order chi connectivity index (χ0) is 13.1. The summed E-state index contributed by atoms with van der Waals surface area (Å²) in [5, 5.41) is 9.90. The monoisotopic (exact) mass is 283 g/mol. The molecule has 0 atom stereocenters. The van der Waals surface area contributed by atoms with Gasteiger partial charge in [0.1, 0.15) is 10.0 Å². The van der Waals surface area contributed by atoms with Crippen molar-refractivity contribution in [3.63, 3.8) is 0 Å². The predicted octanol–water partition coefficient (Wildman–Crippen LogP) is 3.05. The number of thiazole rings is 1. The van der Waals surface area contributed by atoms with E-state index in [1.165, 1.54) is 6.20 Å². The Labute approximate surface area is 113 Å². The summed E-state index contributed by atoms with van der Waals surface area (Å²) in [5.74, 6) is -0.970. The molecule has 0 aliphatic carbocycles. The second-order valence-corrected chi connectivity index (χ2v) is 4.79. The molecule has 0 aliphatic rings. The normalized spacial score (nSPS) is 10.3. The minimum absolute atomic E-state index is 0.212. The van der Waals surface area contributed by atoms with E-state index in [9.17, 15) is 4.79 Å². The number of rotatable bonds is 4. The molecule has 0 fully saturated rings. The number of pyridine rings is 1. The van der Waals surface area contributed by atoms with Gasteiger partial charge in [-0.15, -0.1) is 0 Å². The molecule has 2 aromatic rings. The zero-order valence-corrected chi connectivity index (χ0v) is 11.1. The van der Waals surface area contributed by atoms with Gasteiger partial charge < -0.3 is 10.0 Å². The van der Waals surface area contributed by atoms with Crippen LogP contribution in [-0.2, 0) is 0 Å². The minimum Gasteiger partial charge on any atom is -0.477 e. The third kappa shape index (κ3) is 2.60. The predicted molar refractivity (Wildman–Crippen MR) is 71.0 cm³/mol. The number of anilines is 2. The molecule has 5 nitrogen and oxygen atoms in total. The fourth-order valence-corrected chi connectivity index (χ4v) is 2.48. The van der Waals surface area contributed by atoms with Crippen molar-refractivity contribution in [2.45, 2.75) is 6.92 Å². The highest BCUT2D eigenvalue weighted by atomic mass is 35.5. The molecule has 0 saturated heterocycles. The molecular weight excluding hydrogens is 274 g/mol. The summed E-state index contributed by atoms with van der Waals surface area (Å²) in [6.45, 7) is 2.61. The number of carboxylic acid groups (broad SMARTS) is 1. The number of nitrogens with zero attached hydrogens (tertiary/aromatic N) is 3. The van der Waals surface area contributed by atoms with Crippen LogP contribution < -0.4 is 4.90 Å². The van der Waals surface area contributed by atoms with Crippen molar-refractivity contribution >= 4 is 39.7 Å². The summed E-state index contributed by atoms with van der Waals surface area (Å²) in [7, 11) is 0. The number of hydrogen-bond donors (Lipinski definition) is 1. The lowest BCUT2D eigenvalue weighted by molar-refractivity contribution is 0.0702. The number of halogens is 1. The maximum Gasteiger partial charge on any atom is 0.347 e. The van der Waals surface area contributed by atoms with Crippen LogP contribution in [0, 0.1) is 0 Å². The Bertz CT molecular complexity index is 573. The van der Waals surface area contributed by atoms with Crippen molar-refractivity contribution in [3.05, 3.63) is 34.6 Å². The molecule has 0 aliphatic heterocycles. The number of carboxylic acids is 1. The number of aromatic carboxylic acids is 1. The van der Waals surface area contributed by atoms with Gasteiger partial charge in [0.05, 0.1) is 6.20 Å². The molecule has 2 heterocycles. The molecule has 1 N–H and O–H groups in total. The van der Waals surface area contributed by atoms with Crippen LogP contribution in [0.5, 0.6) is 0 Å². The van der Waals surface area contributed by atoms with E-state index in [-0.39, 0.29) is 4.88 Å². The fraction of sp³-hybridized carbons (Fsp3) is 0.182. The molecule has 18 heavy (non-hydrogen) atoms. The summed E-state index contributed by atoms with van der Waals surface area (Å²) < 4.78 is 0. The molecule has 0 aromatic carbocycles. The molecule has 2 rings (SSSR count). The lowest BCUT2D eigenvalue weighted by Crippen LogP contribution is -2.15. The Morgan fingerprint density at radius 1 is 1.56 bits per heavy atom. The van der Waals surface area contributed by atoms with Gasteiger partial charge in [0.2, 0.25) is 0 Å². The second kappa shape index (κ2) is 5.32. The van der Waals surface area contributed by atoms with Gasteiger partial charge in [0.25, 0.3) is 0 Å². The SMILES string of the molecule is CCN(c1ccnc(Cl)c1)c1ncc(C(=O)O)s1. The smallest absolute Gasteiger partial charge is 0.347 e. The van der Waals surface area contributed by atoms with E-state index in [1.807, 2.05) is 11.8 Å². The molecule has 2 aromatic heterocycles. The largest absolute Gasteiger partial charge is 0.477 e. The maximum atomic E-state index is 10.8. The highest BCUT2D eigenvalue weighted by Crippen LogP contribution is 2.30. The highest BCUT2D eigenvalue weighted by Gasteiger charge is 2.15. The molecule has 0 bridgehead atoms. The summed E-state index contributed by atoms with van der Waals surface area (Å²) in [6, 6.07) is 3.52. The van der Waals surface area contributed by atoms with E-state index < -0.39 is 5.97 Å². The van der Waals surface area contributed by atoms with E-state index in [0.717, 1.165) is 17.0 Å². The average molecular weight is 284 g/mol. The van der Waals surface area contributed by atoms with E-state index in [4.69, 9.17) is 16.7 Å². The summed E-state index contributed by atoms with van der Waals surface area (Å²) in [4.78, 5) is 21.0. The lowest BCUT2D eigenvalue weighted by Gasteiger charge is -2.19. The van der Waals surface area contributed by atoms with Crippen LogP contribution in [0.25, 0.3) is 0 Å². The summed E-state index contributed by atoms with van der Waals surface area (Å²) >= 11 is 6.97. The van der Waals surface area contributed by atoms with E-state index in [2.05, 4.69) is 9.97 Å². The van der Waals surface area contributed by atoms with Crippen molar-refractivity contribution in [2.24, 2.45) is 0 Å². The van der Waals surface area contributed by atoms with Crippen molar-refractivity contribution in [3.8, 4) is 0 Å². The second-order valence-electron chi connectivity index (χ2n) is 3.39. The van der Waals surface area contributed by atoms with Gasteiger partial charge in [-0.25, -0.2) is 14.8 Å². The van der Waals surface area contributed by atoms with E-state index >= 15 is 0 Å². The van der Waals surface area contributed by atoms with E-state index in [1.54, 1.807) is 18.3 Å². The minimum atomic E-state index is -0.970. The molecule has 94 valence electrons. The molecule has 0 saturated carbocycles. The van der Waals surface area contributed by atoms with E-state index in [0.29, 0.717) is 16.8 Å². The van der Waals surface area contributed by atoms with Gasteiger partial charge in [0.15, 0.2) is 5.13 Å². The average Bonchev–Trinajstić information content (AvgIpc) is 2.80. The molecule has 0 radical (unpaired) electrons. The Hall–Kier alpha value is -1.66. The summed E-state index contributed by atoms with van der Waals surface area (Å²) in [6.07, 6.45) is 2.96. The Balaban J connectivity index is 2.35. The van der Waals surface area contributed by atoms with Crippen LogP contribution in [0.4, 0.5) is 10.8 Å². The molecule has 7 heteroatoms.